The number of rotatable bonds is 7. The van der Waals surface area contributed by atoms with Gasteiger partial charge in [-0.05, 0) is 24.3 Å². The Morgan fingerprint density at radius 2 is 1.96 bits per heavy atom. The van der Waals surface area contributed by atoms with Gasteiger partial charge in [0.2, 0.25) is 0 Å². The molecule has 0 atom stereocenters. The zero-order valence-corrected chi connectivity index (χ0v) is 15.8. The molecule has 0 aliphatic carbocycles. The van der Waals surface area contributed by atoms with Gasteiger partial charge < -0.3 is 14.8 Å². The second kappa shape index (κ2) is 8.14. The molecule has 0 bridgehead atoms. The first-order valence-electron chi connectivity index (χ1n) is 9.01. The van der Waals surface area contributed by atoms with E-state index < -0.39 is 0 Å². The van der Waals surface area contributed by atoms with Gasteiger partial charge in [-0.25, -0.2) is 4.98 Å². The van der Waals surface area contributed by atoms with Crippen LogP contribution in [0.25, 0.3) is 11.3 Å². The summed E-state index contributed by atoms with van der Waals surface area (Å²) in [6.07, 6.45) is 7.14. The Morgan fingerprint density at radius 1 is 1.04 bits per heavy atom. The zero-order valence-electron chi connectivity index (χ0n) is 15.8. The minimum absolute atomic E-state index is 0.622. The first-order chi connectivity index (χ1) is 13.8. The third kappa shape index (κ3) is 3.57. The monoisotopic (exact) mass is 375 g/mol. The largest absolute Gasteiger partial charge is 0.496 e. The number of anilines is 1. The highest BCUT2D eigenvalue weighted by Crippen LogP contribution is 2.31. The molecule has 0 saturated carbocycles. The van der Waals surface area contributed by atoms with Gasteiger partial charge in [0.25, 0.3) is 0 Å². The Bertz CT molecular complexity index is 1020. The lowest BCUT2D eigenvalue weighted by atomic mass is 10.00. The summed E-state index contributed by atoms with van der Waals surface area (Å²) in [5.41, 5.74) is 5.81. The number of nitrogens with one attached hydrogen (secondary N) is 1. The van der Waals surface area contributed by atoms with Crippen LogP contribution in [0, 0.1) is 0 Å². The predicted molar refractivity (Wildman–Crippen MR) is 108 cm³/mol. The first kappa shape index (κ1) is 18.1. The highest BCUT2D eigenvalue weighted by atomic mass is 16.5. The second-order valence-corrected chi connectivity index (χ2v) is 6.32. The topological polar surface area (TPSA) is 81.5 Å². The van der Waals surface area contributed by atoms with Gasteiger partial charge in [0, 0.05) is 55.1 Å². The molecule has 4 heterocycles. The number of methoxy groups -OCH3 is 2. The molecular weight excluding hydrogens is 354 g/mol. The van der Waals surface area contributed by atoms with Crippen molar-refractivity contribution in [2.24, 2.45) is 4.99 Å². The molecule has 1 aliphatic rings. The molecular formula is C21H21N5O2. The maximum atomic E-state index is 5.46. The van der Waals surface area contributed by atoms with Crippen LogP contribution >= 0.6 is 0 Å². The van der Waals surface area contributed by atoms with E-state index in [2.05, 4.69) is 26.3 Å². The zero-order chi connectivity index (χ0) is 19.3. The van der Waals surface area contributed by atoms with Gasteiger partial charge in [0.15, 0.2) is 0 Å². The molecule has 3 aromatic rings. The summed E-state index contributed by atoms with van der Waals surface area (Å²) in [7, 11) is 3.33. The van der Waals surface area contributed by atoms with Crippen molar-refractivity contribution in [2.45, 2.75) is 6.54 Å². The number of fused-ring (bicyclic) bond motifs is 1. The van der Waals surface area contributed by atoms with E-state index in [4.69, 9.17) is 14.5 Å². The standard InChI is InChI=1S/C21H21N5O2/c1-27-8-7-24-20-9-14(3-6-23-20)21-16-10-18(25-11-15(16)12-26-21)17-13-22-5-4-19(17)28-2/h3-6,9-11,13H,7-8,12H2,1-2H3,(H,23,24). The van der Waals surface area contributed by atoms with Crippen molar-refractivity contribution < 1.29 is 9.47 Å². The van der Waals surface area contributed by atoms with Crippen molar-refractivity contribution >= 4 is 11.5 Å². The fourth-order valence-electron chi connectivity index (χ4n) is 3.18. The van der Waals surface area contributed by atoms with Gasteiger partial charge in [-0.3, -0.25) is 15.0 Å². The van der Waals surface area contributed by atoms with Crippen molar-refractivity contribution in [2.75, 3.05) is 32.7 Å². The summed E-state index contributed by atoms with van der Waals surface area (Å²) in [5.74, 6) is 1.54. The lowest BCUT2D eigenvalue weighted by molar-refractivity contribution is 0.210. The first-order valence-corrected chi connectivity index (χ1v) is 9.01. The molecule has 28 heavy (non-hydrogen) atoms. The number of hydrogen-bond donors (Lipinski definition) is 1. The van der Waals surface area contributed by atoms with Crippen LogP contribution in [0.2, 0.25) is 0 Å². The lowest BCUT2D eigenvalue weighted by Crippen LogP contribution is -2.10. The van der Waals surface area contributed by atoms with E-state index in [9.17, 15) is 0 Å². The van der Waals surface area contributed by atoms with E-state index >= 15 is 0 Å². The second-order valence-electron chi connectivity index (χ2n) is 6.32. The quantitative estimate of drug-likeness (QED) is 0.640. The molecule has 4 rings (SSSR count). The van der Waals surface area contributed by atoms with E-state index in [1.54, 1.807) is 32.8 Å². The molecule has 0 saturated heterocycles. The minimum atomic E-state index is 0.622. The average Bonchev–Trinajstić information content (AvgIpc) is 3.17. The highest BCUT2D eigenvalue weighted by molar-refractivity contribution is 6.15. The maximum Gasteiger partial charge on any atom is 0.131 e. The van der Waals surface area contributed by atoms with Crippen LogP contribution in [0.15, 0.2) is 54.0 Å². The molecule has 1 N–H and O–H groups in total. The van der Waals surface area contributed by atoms with E-state index in [1.807, 2.05) is 24.4 Å². The Morgan fingerprint density at radius 3 is 2.82 bits per heavy atom. The summed E-state index contributed by atoms with van der Waals surface area (Å²) in [5, 5.41) is 3.26. The number of aliphatic imine (C=N–C) groups is 1. The Balaban J connectivity index is 1.67. The minimum Gasteiger partial charge on any atom is -0.496 e. The van der Waals surface area contributed by atoms with Gasteiger partial charge in [-0.15, -0.1) is 0 Å². The molecule has 0 spiro atoms. The van der Waals surface area contributed by atoms with Crippen LogP contribution < -0.4 is 10.1 Å². The van der Waals surface area contributed by atoms with E-state index in [-0.39, 0.29) is 0 Å². The number of hydrogen-bond acceptors (Lipinski definition) is 7. The van der Waals surface area contributed by atoms with Gasteiger partial charge in [0.1, 0.15) is 11.6 Å². The lowest BCUT2D eigenvalue weighted by Gasteiger charge is -2.10. The maximum absolute atomic E-state index is 5.46. The van der Waals surface area contributed by atoms with Crippen molar-refractivity contribution in [3.05, 3.63) is 65.7 Å². The summed E-state index contributed by atoms with van der Waals surface area (Å²) in [4.78, 5) is 17.9. The molecule has 142 valence electrons. The summed E-state index contributed by atoms with van der Waals surface area (Å²) in [6, 6.07) is 7.87. The van der Waals surface area contributed by atoms with Crippen LogP contribution in [0.5, 0.6) is 5.75 Å². The van der Waals surface area contributed by atoms with Crippen LogP contribution in [-0.2, 0) is 11.3 Å². The molecule has 1 aliphatic heterocycles. The molecule has 0 amide bonds. The molecule has 3 aromatic heterocycles. The normalized spacial score (nSPS) is 12.4. The Labute approximate surface area is 163 Å². The molecule has 0 unspecified atom stereocenters. The van der Waals surface area contributed by atoms with Crippen molar-refractivity contribution in [3.63, 3.8) is 0 Å². The van der Waals surface area contributed by atoms with E-state index in [1.165, 1.54) is 0 Å². The number of pyridine rings is 3. The fourth-order valence-corrected chi connectivity index (χ4v) is 3.18. The van der Waals surface area contributed by atoms with Gasteiger partial charge in [-0.1, -0.05) is 0 Å². The van der Waals surface area contributed by atoms with Gasteiger partial charge >= 0.3 is 0 Å². The van der Waals surface area contributed by atoms with Crippen LogP contribution in [0.4, 0.5) is 5.82 Å². The van der Waals surface area contributed by atoms with Crippen LogP contribution in [0.1, 0.15) is 16.7 Å². The predicted octanol–water partition coefficient (Wildman–Crippen LogP) is 2.96. The number of ether oxygens (including phenoxy) is 2. The Hall–Kier alpha value is -3.32. The van der Waals surface area contributed by atoms with Gasteiger partial charge in [-0.2, -0.15) is 0 Å². The van der Waals surface area contributed by atoms with E-state index in [0.29, 0.717) is 19.7 Å². The number of nitrogens with zero attached hydrogens (tertiary/aromatic N) is 4. The molecule has 0 radical (unpaired) electrons. The molecule has 7 heteroatoms. The molecule has 0 aromatic carbocycles. The molecule has 0 fully saturated rings. The average molecular weight is 375 g/mol. The van der Waals surface area contributed by atoms with Crippen molar-refractivity contribution in [3.8, 4) is 17.0 Å². The van der Waals surface area contributed by atoms with Crippen LogP contribution in [0.3, 0.4) is 0 Å². The van der Waals surface area contributed by atoms with Gasteiger partial charge in [0.05, 0.1) is 37.2 Å². The Kier molecular flexibility index (Phi) is 5.25. The third-order valence-electron chi connectivity index (χ3n) is 4.57. The van der Waals surface area contributed by atoms with E-state index in [0.717, 1.165) is 45.2 Å². The summed E-state index contributed by atoms with van der Waals surface area (Å²) in [6.45, 7) is 1.94. The highest BCUT2D eigenvalue weighted by Gasteiger charge is 2.20. The van der Waals surface area contributed by atoms with Crippen LogP contribution in [-0.4, -0.2) is 48.0 Å². The summed E-state index contributed by atoms with van der Waals surface area (Å²) < 4.78 is 10.5. The molecule has 7 nitrogen and oxygen atoms in total. The summed E-state index contributed by atoms with van der Waals surface area (Å²) >= 11 is 0. The number of aromatic nitrogens is 3. The fraction of sp³-hybridized carbons (Fsp3) is 0.238. The SMILES string of the molecule is COCCNc1cc(C2=NCc3cnc(-c4cnccc4OC)cc32)ccn1. The smallest absolute Gasteiger partial charge is 0.131 e. The van der Waals surface area contributed by atoms with Crippen molar-refractivity contribution in [1.82, 2.24) is 15.0 Å². The third-order valence-corrected chi connectivity index (χ3v) is 4.57. The van der Waals surface area contributed by atoms with Crippen molar-refractivity contribution in [1.29, 1.82) is 0 Å².